The van der Waals surface area contributed by atoms with Crippen molar-refractivity contribution in [3.63, 3.8) is 0 Å². The van der Waals surface area contributed by atoms with Crippen LogP contribution in [-0.2, 0) is 11.0 Å². The molecule has 4 nitrogen and oxygen atoms in total. The third-order valence-corrected chi connectivity index (χ3v) is 4.01. The Balaban J connectivity index is 2.02. The molecule has 2 aromatic carbocycles. The predicted molar refractivity (Wildman–Crippen MR) is 101 cm³/mol. The molecule has 1 amide bonds. The maximum absolute atomic E-state index is 12.6. The topological polar surface area (TPSA) is 47.6 Å². The summed E-state index contributed by atoms with van der Waals surface area (Å²) in [6.45, 7) is 4.04. The van der Waals surface area contributed by atoms with E-state index in [4.69, 9.17) is 9.47 Å². The minimum atomic E-state index is -4.38. The van der Waals surface area contributed by atoms with E-state index in [9.17, 15) is 18.0 Å². The minimum Gasteiger partial charge on any atom is -0.493 e. The molecule has 0 aliphatic carbocycles. The van der Waals surface area contributed by atoms with Crippen molar-refractivity contribution >= 4 is 12.0 Å². The molecule has 1 unspecified atom stereocenters. The first-order valence-corrected chi connectivity index (χ1v) is 8.71. The highest BCUT2D eigenvalue weighted by atomic mass is 19.4. The maximum Gasteiger partial charge on any atom is 0.416 e. The summed E-state index contributed by atoms with van der Waals surface area (Å²) in [5.41, 5.74) is 0.610. The average molecular weight is 393 g/mol. The fraction of sp³-hybridized carbons (Fsp3) is 0.286. The molecule has 150 valence electrons. The number of carbonyl (C=O) groups excluding carboxylic acids is 1. The average Bonchev–Trinajstić information content (AvgIpc) is 2.66. The van der Waals surface area contributed by atoms with Gasteiger partial charge in [0.15, 0.2) is 11.5 Å². The van der Waals surface area contributed by atoms with Gasteiger partial charge in [0, 0.05) is 6.08 Å². The number of halogens is 3. The van der Waals surface area contributed by atoms with Crippen molar-refractivity contribution in [1.82, 2.24) is 5.32 Å². The summed E-state index contributed by atoms with van der Waals surface area (Å²) in [7, 11) is 1.55. The Labute approximate surface area is 162 Å². The van der Waals surface area contributed by atoms with Crippen molar-refractivity contribution < 1.29 is 27.4 Å². The summed E-state index contributed by atoms with van der Waals surface area (Å²) in [5, 5.41) is 2.72. The third-order valence-electron chi connectivity index (χ3n) is 4.01. The molecule has 0 saturated heterocycles. The smallest absolute Gasteiger partial charge is 0.416 e. The van der Waals surface area contributed by atoms with E-state index < -0.39 is 17.8 Å². The molecule has 2 aromatic rings. The molecule has 1 atom stereocenters. The van der Waals surface area contributed by atoms with Crippen LogP contribution >= 0.6 is 0 Å². The zero-order valence-corrected chi connectivity index (χ0v) is 15.8. The summed E-state index contributed by atoms with van der Waals surface area (Å²) in [6.07, 6.45) is -1.40. The first kappa shape index (κ1) is 21.3. The highest BCUT2D eigenvalue weighted by molar-refractivity contribution is 5.92. The van der Waals surface area contributed by atoms with Crippen LogP contribution in [0.3, 0.4) is 0 Å². The van der Waals surface area contributed by atoms with E-state index in [1.54, 1.807) is 38.3 Å². The summed E-state index contributed by atoms with van der Waals surface area (Å²) >= 11 is 0. The van der Waals surface area contributed by atoms with E-state index in [0.717, 1.165) is 17.7 Å². The van der Waals surface area contributed by atoms with Gasteiger partial charge in [-0.25, -0.2) is 0 Å². The van der Waals surface area contributed by atoms with Gasteiger partial charge < -0.3 is 14.8 Å². The standard InChI is InChI=1S/C21H22F3NO3/c1-4-28-19-13-15(5-11-18(19)27-3)6-12-20(26)25-14(2)16-7-9-17(10-8-16)21(22,23)24/h5-14H,4H2,1-3H3,(H,25,26)/b12-6+. The Morgan fingerprint density at radius 3 is 2.39 bits per heavy atom. The SMILES string of the molecule is CCOc1cc(/C=C/C(=O)NC(C)c2ccc(C(F)(F)F)cc2)ccc1OC. The van der Waals surface area contributed by atoms with Gasteiger partial charge in [0.1, 0.15) is 0 Å². The lowest BCUT2D eigenvalue weighted by Crippen LogP contribution is -2.24. The molecule has 0 fully saturated rings. The molecule has 0 aromatic heterocycles. The molecule has 0 spiro atoms. The van der Waals surface area contributed by atoms with Gasteiger partial charge in [0.25, 0.3) is 0 Å². The maximum atomic E-state index is 12.6. The molecule has 2 rings (SSSR count). The van der Waals surface area contributed by atoms with Crippen molar-refractivity contribution in [3.8, 4) is 11.5 Å². The monoisotopic (exact) mass is 393 g/mol. The normalized spacial score (nSPS) is 12.6. The number of rotatable bonds is 7. The lowest BCUT2D eigenvalue weighted by molar-refractivity contribution is -0.137. The van der Waals surface area contributed by atoms with Crippen LogP contribution in [0.4, 0.5) is 13.2 Å². The van der Waals surface area contributed by atoms with Crippen molar-refractivity contribution in [2.24, 2.45) is 0 Å². The molecule has 0 saturated carbocycles. The predicted octanol–water partition coefficient (Wildman–Crippen LogP) is 5.00. The number of hydrogen-bond acceptors (Lipinski definition) is 3. The highest BCUT2D eigenvalue weighted by Crippen LogP contribution is 2.30. The van der Waals surface area contributed by atoms with E-state index in [1.165, 1.54) is 18.2 Å². The Bertz CT molecular complexity index is 830. The van der Waals surface area contributed by atoms with Crippen molar-refractivity contribution in [1.29, 1.82) is 0 Å². The Kier molecular flexibility index (Phi) is 7.09. The van der Waals surface area contributed by atoms with Gasteiger partial charge in [-0.05, 0) is 55.3 Å². The zero-order chi connectivity index (χ0) is 20.7. The lowest BCUT2D eigenvalue weighted by atomic mass is 10.1. The molecule has 28 heavy (non-hydrogen) atoms. The van der Waals surface area contributed by atoms with E-state index in [2.05, 4.69) is 5.32 Å². The molecular weight excluding hydrogens is 371 g/mol. The summed E-state index contributed by atoms with van der Waals surface area (Å²) in [4.78, 5) is 12.1. The summed E-state index contributed by atoms with van der Waals surface area (Å²) < 4.78 is 48.6. The number of alkyl halides is 3. The molecule has 1 N–H and O–H groups in total. The van der Waals surface area contributed by atoms with Crippen molar-refractivity contribution in [2.75, 3.05) is 13.7 Å². The zero-order valence-electron chi connectivity index (χ0n) is 15.8. The fourth-order valence-electron chi connectivity index (χ4n) is 2.54. The van der Waals surface area contributed by atoms with Crippen LogP contribution in [0.25, 0.3) is 6.08 Å². The second-order valence-electron chi connectivity index (χ2n) is 6.03. The number of hydrogen-bond donors (Lipinski definition) is 1. The van der Waals surface area contributed by atoms with Crippen molar-refractivity contribution in [3.05, 3.63) is 65.2 Å². The van der Waals surface area contributed by atoms with Gasteiger partial charge in [0.05, 0.1) is 25.3 Å². The molecule has 0 radical (unpaired) electrons. The van der Waals surface area contributed by atoms with Crippen LogP contribution in [-0.4, -0.2) is 19.6 Å². The summed E-state index contributed by atoms with van der Waals surface area (Å²) in [6, 6.07) is 9.56. The lowest BCUT2D eigenvalue weighted by Gasteiger charge is -2.14. The number of carbonyl (C=O) groups is 1. The number of benzene rings is 2. The van der Waals surface area contributed by atoms with E-state index >= 15 is 0 Å². The first-order chi connectivity index (χ1) is 13.2. The van der Waals surface area contributed by atoms with E-state index in [-0.39, 0.29) is 5.91 Å². The van der Waals surface area contributed by atoms with Gasteiger partial charge >= 0.3 is 6.18 Å². The van der Waals surface area contributed by atoms with Gasteiger partial charge in [-0.15, -0.1) is 0 Å². The largest absolute Gasteiger partial charge is 0.493 e. The van der Waals surface area contributed by atoms with E-state index in [0.29, 0.717) is 23.7 Å². The van der Waals surface area contributed by atoms with E-state index in [1.807, 2.05) is 6.92 Å². The van der Waals surface area contributed by atoms with Crippen LogP contribution < -0.4 is 14.8 Å². The summed E-state index contributed by atoms with van der Waals surface area (Å²) in [5.74, 6) is 0.811. The molecule has 0 aliphatic rings. The molecule has 0 heterocycles. The minimum absolute atomic E-state index is 0.360. The van der Waals surface area contributed by atoms with Gasteiger partial charge in [0.2, 0.25) is 5.91 Å². The number of ether oxygens (including phenoxy) is 2. The Hall–Kier alpha value is -2.96. The second kappa shape index (κ2) is 9.30. The van der Waals surface area contributed by atoms with Gasteiger partial charge in [-0.2, -0.15) is 13.2 Å². The van der Waals surface area contributed by atoms with Crippen LogP contribution in [0.2, 0.25) is 0 Å². The van der Waals surface area contributed by atoms with Crippen molar-refractivity contribution in [2.45, 2.75) is 26.1 Å². The molecular formula is C21H22F3NO3. The first-order valence-electron chi connectivity index (χ1n) is 8.71. The number of amides is 1. The fourth-order valence-corrected chi connectivity index (χ4v) is 2.54. The number of nitrogens with one attached hydrogen (secondary N) is 1. The van der Waals surface area contributed by atoms with Crippen LogP contribution in [0.1, 0.15) is 36.6 Å². The quantitative estimate of drug-likeness (QED) is 0.673. The second-order valence-corrected chi connectivity index (χ2v) is 6.03. The third kappa shape index (κ3) is 5.77. The van der Waals surface area contributed by atoms with Crippen LogP contribution in [0.15, 0.2) is 48.5 Å². The highest BCUT2D eigenvalue weighted by Gasteiger charge is 2.30. The molecule has 7 heteroatoms. The van der Waals surface area contributed by atoms with Crippen LogP contribution in [0, 0.1) is 0 Å². The Morgan fingerprint density at radius 2 is 1.82 bits per heavy atom. The van der Waals surface area contributed by atoms with Gasteiger partial charge in [-0.3, -0.25) is 4.79 Å². The molecule has 0 bridgehead atoms. The van der Waals surface area contributed by atoms with Crippen LogP contribution in [0.5, 0.6) is 11.5 Å². The van der Waals surface area contributed by atoms with Gasteiger partial charge in [-0.1, -0.05) is 18.2 Å². The number of methoxy groups -OCH3 is 1. The Morgan fingerprint density at radius 1 is 1.14 bits per heavy atom. The molecule has 0 aliphatic heterocycles.